The number of carbonyl (C=O) groups excluding carboxylic acids is 2. The monoisotopic (exact) mass is 544 g/mol. The Kier molecular flexibility index (Phi) is 8.46. The molecule has 0 unspecified atom stereocenters. The molecular formula is C30H32N4O4S. The van der Waals surface area contributed by atoms with Gasteiger partial charge in [0.2, 0.25) is 0 Å². The van der Waals surface area contributed by atoms with Crippen molar-refractivity contribution < 1.29 is 19.1 Å². The largest absolute Gasteiger partial charge is 0.494 e. The van der Waals surface area contributed by atoms with Gasteiger partial charge in [0.25, 0.3) is 5.91 Å². The lowest BCUT2D eigenvalue weighted by molar-refractivity contribution is -0.149. The second-order valence-corrected chi connectivity index (χ2v) is 10.4. The summed E-state index contributed by atoms with van der Waals surface area (Å²) in [5, 5.41) is 5.57. The first-order chi connectivity index (χ1) is 19.1. The zero-order valence-electron chi connectivity index (χ0n) is 22.2. The molecule has 1 aromatic heterocycles. The molecular weight excluding hydrogens is 512 g/mol. The van der Waals surface area contributed by atoms with Crippen molar-refractivity contribution in [2.24, 2.45) is 10.9 Å². The van der Waals surface area contributed by atoms with Crippen LogP contribution in [0.3, 0.4) is 0 Å². The summed E-state index contributed by atoms with van der Waals surface area (Å²) in [5.41, 5.74) is 3.40. The Balaban J connectivity index is 1.39. The number of aromatic nitrogens is 2. The first-order valence-corrected chi connectivity index (χ1v) is 14.2. The highest BCUT2D eigenvalue weighted by atomic mass is 32.2. The van der Waals surface area contributed by atoms with Gasteiger partial charge in [0.05, 0.1) is 29.7 Å². The quantitative estimate of drug-likeness (QED) is 0.271. The molecule has 0 aliphatic carbocycles. The van der Waals surface area contributed by atoms with E-state index in [1.165, 1.54) is 11.8 Å². The second kappa shape index (κ2) is 12.3. The fraction of sp³-hybridized carbons (Fsp3) is 0.333. The lowest BCUT2D eigenvalue weighted by Crippen LogP contribution is -2.39. The summed E-state index contributed by atoms with van der Waals surface area (Å²) >= 11 is 1.37. The van der Waals surface area contributed by atoms with Gasteiger partial charge in [-0.05, 0) is 68.3 Å². The van der Waals surface area contributed by atoms with Gasteiger partial charge in [-0.15, -0.1) is 0 Å². The van der Waals surface area contributed by atoms with Crippen LogP contribution < -0.4 is 4.74 Å². The van der Waals surface area contributed by atoms with Crippen LogP contribution in [0.15, 0.2) is 70.7 Å². The Labute approximate surface area is 232 Å². The van der Waals surface area contributed by atoms with Crippen LogP contribution in [0.4, 0.5) is 0 Å². The first kappa shape index (κ1) is 26.7. The van der Waals surface area contributed by atoms with Gasteiger partial charge < -0.3 is 14.4 Å². The Morgan fingerprint density at radius 3 is 2.64 bits per heavy atom. The highest BCUT2D eigenvalue weighted by Gasteiger charge is 2.32. The molecule has 3 aromatic rings. The molecule has 0 N–H and O–H groups in total. The minimum atomic E-state index is -0.263. The number of para-hydroxylation sites is 1. The van der Waals surface area contributed by atoms with Crippen molar-refractivity contribution in [3.8, 4) is 22.7 Å². The molecule has 0 spiro atoms. The maximum Gasteiger partial charge on any atom is 0.309 e. The second-order valence-electron chi connectivity index (χ2n) is 9.41. The van der Waals surface area contributed by atoms with Crippen LogP contribution in [0, 0.1) is 5.92 Å². The third-order valence-corrected chi connectivity index (χ3v) is 7.67. The molecule has 0 saturated carbocycles. The number of esters is 1. The van der Waals surface area contributed by atoms with Crippen molar-refractivity contribution in [2.75, 3.05) is 26.3 Å². The molecule has 1 amide bonds. The zero-order chi connectivity index (χ0) is 27.2. The number of ether oxygens (including phenoxy) is 2. The predicted molar refractivity (Wildman–Crippen MR) is 154 cm³/mol. The Morgan fingerprint density at radius 2 is 1.90 bits per heavy atom. The van der Waals surface area contributed by atoms with Crippen LogP contribution in [0.5, 0.6) is 5.75 Å². The topological polar surface area (TPSA) is 86.0 Å². The SMILES string of the molecule is CCCOc1cccc(-c2nn(-c3ccccc3)cc2/C=C2\SC(N3CCC(C(=O)OCC)CC3)=NC2=O)c1. The highest BCUT2D eigenvalue weighted by Crippen LogP contribution is 2.35. The molecule has 0 bridgehead atoms. The number of aliphatic imine (C=N–C) groups is 1. The van der Waals surface area contributed by atoms with Crippen molar-refractivity contribution >= 4 is 34.9 Å². The molecule has 0 radical (unpaired) electrons. The van der Waals surface area contributed by atoms with Crippen LogP contribution >= 0.6 is 11.8 Å². The summed E-state index contributed by atoms with van der Waals surface area (Å²) in [6, 6.07) is 17.8. The molecule has 2 aromatic carbocycles. The Bertz CT molecular complexity index is 1390. The zero-order valence-corrected chi connectivity index (χ0v) is 23.0. The molecule has 202 valence electrons. The molecule has 8 nitrogen and oxygen atoms in total. The smallest absolute Gasteiger partial charge is 0.309 e. The standard InChI is InChI=1S/C30H32N4O4S/c1-3-17-38-25-12-8-9-22(18-25)27-23(20-34(32-27)24-10-6-5-7-11-24)19-26-28(35)31-30(39-26)33-15-13-21(14-16-33)29(36)37-4-2/h5-12,18-21H,3-4,13-17H2,1-2H3/b26-19-. The maximum atomic E-state index is 13.0. The van der Waals surface area contributed by atoms with Crippen molar-refractivity contribution in [1.29, 1.82) is 0 Å². The number of amides is 1. The van der Waals surface area contributed by atoms with Gasteiger partial charge >= 0.3 is 5.97 Å². The van der Waals surface area contributed by atoms with E-state index in [2.05, 4.69) is 16.8 Å². The number of hydrogen-bond donors (Lipinski definition) is 0. The third kappa shape index (κ3) is 6.25. The number of nitrogens with zero attached hydrogens (tertiary/aromatic N) is 4. The number of benzene rings is 2. The minimum absolute atomic E-state index is 0.0950. The van der Waals surface area contributed by atoms with Gasteiger partial charge in [0, 0.05) is 30.4 Å². The van der Waals surface area contributed by atoms with Gasteiger partial charge in [-0.1, -0.05) is 37.3 Å². The van der Waals surface area contributed by atoms with E-state index in [-0.39, 0.29) is 17.8 Å². The van der Waals surface area contributed by atoms with E-state index < -0.39 is 0 Å². The van der Waals surface area contributed by atoms with Crippen LogP contribution in [0.2, 0.25) is 0 Å². The number of carbonyl (C=O) groups is 2. The van der Waals surface area contributed by atoms with E-state index in [0.717, 1.165) is 34.7 Å². The van der Waals surface area contributed by atoms with E-state index >= 15 is 0 Å². The fourth-order valence-electron chi connectivity index (χ4n) is 4.62. The van der Waals surface area contributed by atoms with Gasteiger partial charge in [-0.2, -0.15) is 10.1 Å². The first-order valence-electron chi connectivity index (χ1n) is 13.4. The van der Waals surface area contributed by atoms with Crippen molar-refractivity contribution in [1.82, 2.24) is 14.7 Å². The summed E-state index contributed by atoms with van der Waals surface area (Å²) in [4.78, 5) is 32.0. The van der Waals surface area contributed by atoms with E-state index in [4.69, 9.17) is 14.6 Å². The summed E-state index contributed by atoms with van der Waals surface area (Å²) < 4.78 is 12.9. The predicted octanol–water partition coefficient (Wildman–Crippen LogP) is 5.57. The minimum Gasteiger partial charge on any atom is -0.494 e. The van der Waals surface area contributed by atoms with Crippen molar-refractivity contribution in [3.63, 3.8) is 0 Å². The molecule has 5 rings (SSSR count). The number of rotatable bonds is 8. The molecule has 2 aliphatic rings. The fourth-order valence-corrected chi connectivity index (χ4v) is 5.58. The normalized spacial score (nSPS) is 17.0. The van der Waals surface area contributed by atoms with Crippen molar-refractivity contribution in [3.05, 3.63) is 71.3 Å². The molecule has 9 heteroatoms. The van der Waals surface area contributed by atoms with Gasteiger partial charge in [0.1, 0.15) is 11.4 Å². The van der Waals surface area contributed by atoms with Gasteiger partial charge in [-0.25, -0.2) is 4.68 Å². The Morgan fingerprint density at radius 1 is 1.10 bits per heavy atom. The van der Waals surface area contributed by atoms with Crippen LogP contribution in [-0.2, 0) is 14.3 Å². The molecule has 3 heterocycles. The maximum absolute atomic E-state index is 13.0. The number of likely N-dealkylation sites (tertiary alicyclic amines) is 1. The molecule has 1 saturated heterocycles. The van der Waals surface area contributed by atoms with E-state index in [9.17, 15) is 9.59 Å². The van der Waals surface area contributed by atoms with E-state index in [1.54, 1.807) is 0 Å². The molecule has 1 fully saturated rings. The van der Waals surface area contributed by atoms with E-state index in [0.29, 0.717) is 49.2 Å². The third-order valence-electron chi connectivity index (χ3n) is 6.62. The number of piperidine rings is 1. The van der Waals surface area contributed by atoms with Gasteiger partial charge in [0.15, 0.2) is 5.17 Å². The summed E-state index contributed by atoms with van der Waals surface area (Å²) in [6.07, 6.45) is 6.11. The summed E-state index contributed by atoms with van der Waals surface area (Å²) in [6.45, 7) is 6.26. The van der Waals surface area contributed by atoms with E-state index in [1.807, 2.05) is 78.5 Å². The summed E-state index contributed by atoms with van der Waals surface area (Å²) in [7, 11) is 0. The number of thioether (sulfide) groups is 1. The molecule has 2 aliphatic heterocycles. The molecule has 39 heavy (non-hydrogen) atoms. The van der Waals surface area contributed by atoms with Crippen LogP contribution in [-0.4, -0.2) is 58.0 Å². The lowest BCUT2D eigenvalue weighted by Gasteiger charge is -2.31. The Hall–Kier alpha value is -3.85. The highest BCUT2D eigenvalue weighted by molar-refractivity contribution is 8.18. The van der Waals surface area contributed by atoms with Crippen LogP contribution in [0.25, 0.3) is 23.0 Å². The average molecular weight is 545 g/mol. The lowest BCUT2D eigenvalue weighted by atomic mass is 9.97. The number of amidine groups is 1. The summed E-state index contributed by atoms with van der Waals surface area (Å²) in [5.74, 6) is 0.288. The molecule has 0 atom stereocenters. The van der Waals surface area contributed by atoms with Gasteiger partial charge in [-0.3, -0.25) is 9.59 Å². The van der Waals surface area contributed by atoms with Crippen LogP contribution in [0.1, 0.15) is 38.7 Å². The van der Waals surface area contributed by atoms with Crippen molar-refractivity contribution in [2.45, 2.75) is 33.1 Å². The average Bonchev–Trinajstić information content (AvgIpc) is 3.56. The number of hydrogen-bond acceptors (Lipinski definition) is 7.